The Morgan fingerprint density at radius 2 is 2.05 bits per heavy atom. The molecular formula is C16H21Cl2N. The lowest BCUT2D eigenvalue weighted by atomic mass is 9.89. The SMILES string of the molecule is Clc1ccc(CCNCC2CC3CCC2C3)c(Cl)c1. The van der Waals surface area contributed by atoms with Crippen molar-refractivity contribution in [2.75, 3.05) is 13.1 Å². The van der Waals surface area contributed by atoms with Gasteiger partial charge in [0.15, 0.2) is 0 Å². The molecule has 0 saturated heterocycles. The minimum absolute atomic E-state index is 0.712. The van der Waals surface area contributed by atoms with Crippen molar-refractivity contribution in [3.63, 3.8) is 0 Å². The highest BCUT2D eigenvalue weighted by molar-refractivity contribution is 6.35. The number of benzene rings is 1. The Morgan fingerprint density at radius 1 is 1.16 bits per heavy atom. The molecule has 2 fully saturated rings. The van der Waals surface area contributed by atoms with E-state index in [0.29, 0.717) is 5.02 Å². The second-order valence-electron chi connectivity index (χ2n) is 6.12. The van der Waals surface area contributed by atoms with Gasteiger partial charge in [-0.15, -0.1) is 0 Å². The van der Waals surface area contributed by atoms with E-state index in [9.17, 15) is 0 Å². The largest absolute Gasteiger partial charge is 0.316 e. The van der Waals surface area contributed by atoms with Gasteiger partial charge in [0.2, 0.25) is 0 Å². The van der Waals surface area contributed by atoms with E-state index in [0.717, 1.165) is 35.7 Å². The third-order valence-corrected chi connectivity index (χ3v) is 5.46. The monoisotopic (exact) mass is 297 g/mol. The summed E-state index contributed by atoms with van der Waals surface area (Å²) in [6.07, 6.45) is 6.90. The number of rotatable bonds is 5. The molecule has 1 aromatic carbocycles. The Morgan fingerprint density at radius 3 is 2.74 bits per heavy atom. The van der Waals surface area contributed by atoms with Crippen LogP contribution in [0.5, 0.6) is 0 Å². The van der Waals surface area contributed by atoms with Crippen molar-refractivity contribution >= 4 is 23.2 Å². The van der Waals surface area contributed by atoms with E-state index in [4.69, 9.17) is 23.2 Å². The van der Waals surface area contributed by atoms with Crippen LogP contribution < -0.4 is 5.32 Å². The summed E-state index contributed by atoms with van der Waals surface area (Å²) in [5.41, 5.74) is 1.19. The zero-order valence-corrected chi connectivity index (χ0v) is 12.7. The Kier molecular flexibility index (Phi) is 4.36. The molecule has 1 N–H and O–H groups in total. The Labute approximate surface area is 125 Å². The minimum Gasteiger partial charge on any atom is -0.316 e. The van der Waals surface area contributed by atoms with E-state index in [-0.39, 0.29) is 0 Å². The summed E-state index contributed by atoms with van der Waals surface area (Å²) < 4.78 is 0. The summed E-state index contributed by atoms with van der Waals surface area (Å²) in [5.74, 6) is 2.98. The first kappa shape index (κ1) is 13.7. The van der Waals surface area contributed by atoms with Gasteiger partial charge in [0.1, 0.15) is 0 Å². The molecule has 1 nitrogen and oxygen atoms in total. The minimum atomic E-state index is 0.712. The first-order valence-electron chi connectivity index (χ1n) is 7.37. The molecule has 0 spiro atoms. The van der Waals surface area contributed by atoms with Crippen molar-refractivity contribution < 1.29 is 0 Å². The van der Waals surface area contributed by atoms with E-state index >= 15 is 0 Å². The first-order chi connectivity index (χ1) is 9.22. The van der Waals surface area contributed by atoms with Crippen molar-refractivity contribution in [3.05, 3.63) is 33.8 Å². The predicted octanol–water partition coefficient (Wildman–Crippen LogP) is 4.56. The summed E-state index contributed by atoms with van der Waals surface area (Å²) >= 11 is 12.1. The van der Waals surface area contributed by atoms with Gasteiger partial charge < -0.3 is 5.32 Å². The maximum atomic E-state index is 6.17. The van der Waals surface area contributed by atoms with Crippen LogP contribution in [0.15, 0.2) is 18.2 Å². The van der Waals surface area contributed by atoms with Gasteiger partial charge in [0, 0.05) is 10.0 Å². The Bertz CT molecular complexity index is 446. The summed E-state index contributed by atoms with van der Waals surface area (Å²) in [6.45, 7) is 2.20. The summed E-state index contributed by atoms with van der Waals surface area (Å²) in [6, 6.07) is 5.77. The van der Waals surface area contributed by atoms with Crippen LogP contribution in [-0.2, 0) is 6.42 Å². The van der Waals surface area contributed by atoms with E-state index in [1.807, 2.05) is 18.2 Å². The molecule has 2 bridgehead atoms. The topological polar surface area (TPSA) is 12.0 Å². The number of halogens is 2. The third kappa shape index (κ3) is 3.26. The first-order valence-corrected chi connectivity index (χ1v) is 8.12. The quantitative estimate of drug-likeness (QED) is 0.786. The molecule has 3 rings (SSSR count). The fourth-order valence-corrected chi connectivity index (χ4v) is 4.36. The van der Waals surface area contributed by atoms with Crippen molar-refractivity contribution in [2.45, 2.75) is 32.1 Å². The molecule has 0 radical (unpaired) electrons. The summed E-state index contributed by atoms with van der Waals surface area (Å²) in [7, 11) is 0. The lowest BCUT2D eigenvalue weighted by molar-refractivity contribution is 0.320. The lowest BCUT2D eigenvalue weighted by Crippen LogP contribution is -2.28. The fraction of sp³-hybridized carbons (Fsp3) is 0.625. The second kappa shape index (κ2) is 6.03. The molecule has 3 unspecified atom stereocenters. The molecule has 3 atom stereocenters. The second-order valence-corrected chi connectivity index (χ2v) is 6.97. The molecule has 0 amide bonds. The van der Waals surface area contributed by atoms with Gasteiger partial charge in [0.25, 0.3) is 0 Å². The van der Waals surface area contributed by atoms with E-state index < -0.39 is 0 Å². The van der Waals surface area contributed by atoms with E-state index in [1.165, 1.54) is 37.8 Å². The number of hydrogen-bond acceptors (Lipinski definition) is 1. The van der Waals surface area contributed by atoms with Crippen LogP contribution in [0.4, 0.5) is 0 Å². The molecule has 104 valence electrons. The number of nitrogens with one attached hydrogen (secondary N) is 1. The maximum absolute atomic E-state index is 6.17. The highest BCUT2D eigenvalue weighted by Crippen LogP contribution is 2.47. The smallest absolute Gasteiger partial charge is 0.0453 e. The molecular weight excluding hydrogens is 277 g/mol. The molecule has 2 aliphatic rings. The van der Waals surface area contributed by atoms with Crippen LogP contribution in [0.1, 0.15) is 31.2 Å². The molecule has 0 aliphatic heterocycles. The van der Waals surface area contributed by atoms with Gasteiger partial charge in [0.05, 0.1) is 0 Å². The van der Waals surface area contributed by atoms with Crippen molar-refractivity contribution in [2.24, 2.45) is 17.8 Å². The molecule has 2 saturated carbocycles. The third-order valence-electron chi connectivity index (χ3n) is 4.88. The van der Waals surface area contributed by atoms with Crippen LogP contribution in [0.25, 0.3) is 0 Å². The van der Waals surface area contributed by atoms with Gasteiger partial charge in [-0.1, -0.05) is 35.7 Å². The highest BCUT2D eigenvalue weighted by Gasteiger charge is 2.38. The van der Waals surface area contributed by atoms with Crippen molar-refractivity contribution in [1.82, 2.24) is 5.32 Å². The van der Waals surface area contributed by atoms with Gasteiger partial charge >= 0.3 is 0 Å². The van der Waals surface area contributed by atoms with Crippen LogP contribution in [0, 0.1) is 17.8 Å². The van der Waals surface area contributed by atoms with Crippen LogP contribution in [0.3, 0.4) is 0 Å². The zero-order chi connectivity index (χ0) is 13.2. The van der Waals surface area contributed by atoms with Crippen molar-refractivity contribution in [3.8, 4) is 0 Å². The molecule has 0 aromatic heterocycles. The van der Waals surface area contributed by atoms with Gasteiger partial charge in [-0.2, -0.15) is 0 Å². The maximum Gasteiger partial charge on any atom is 0.0453 e. The average Bonchev–Trinajstić information content (AvgIpc) is 2.99. The lowest BCUT2D eigenvalue weighted by Gasteiger charge is -2.21. The number of fused-ring (bicyclic) bond motifs is 2. The molecule has 3 heteroatoms. The van der Waals surface area contributed by atoms with Crippen LogP contribution >= 0.6 is 23.2 Å². The number of hydrogen-bond donors (Lipinski definition) is 1. The zero-order valence-electron chi connectivity index (χ0n) is 11.2. The fourth-order valence-electron chi connectivity index (χ4n) is 3.86. The van der Waals surface area contributed by atoms with Gasteiger partial charge in [-0.3, -0.25) is 0 Å². The van der Waals surface area contributed by atoms with Crippen LogP contribution in [0.2, 0.25) is 10.0 Å². The normalized spacial score (nSPS) is 29.1. The van der Waals surface area contributed by atoms with Gasteiger partial charge in [-0.05, 0) is 74.2 Å². The van der Waals surface area contributed by atoms with Crippen molar-refractivity contribution in [1.29, 1.82) is 0 Å². The summed E-state index contributed by atoms with van der Waals surface area (Å²) in [5, 5.41) is 5.11. The van der Waals surface area contributed by atoms with Crippen LogP contribution in [-0.4, -0.2) is 13.1 Å². The molecule has 0 heterocycles. The average molecular weight is 298 g/mol. The van der Waals surface area contributed by atoms with Gasteiger partial charge in [-0.25, -0.2) is 0 Å². The summed E-state index contributed by atoms with van der Waals surface area (Å²) in [4.78, 5) is 0. The molecule has 19 heavy (non-hydrogen) atoms. The Balaban J connectivity index is 1.41. The van der Waals surface area contributed by atoms with E-state index in [2.05, 4.69) is 5.32 Å². The Hall–Kier alpha value is -0.240. The highest BCUT2D eigenvalue weighted by atomic mass is 35.5. The molecule has 1 aromatic rings. The van der Waals surface area contributed by atoms with E-state index in [1.54, 1.807) is 0 Å². The standard InChI is InChI=1S/C16H21Cl2N/c17-15-4-3-12(16(18)9-15)5-6-19-10-14-8-11-1-2-13(14)7-11/h3-4,9,11,13-14,19H,1-2,5-8,10H2. The molecule has 2 aliphatic carbocycles. The predicted molar refractivity (Wildman–Crippen MR) is 82.0 cm³/mol.